The van der Waals surface area contributed by atoms with Gasteiger partial charge in [0.1, 0.15) is 6.61 Å². The van der Waals surface area contributed by atoms with Crippen LogP contribution in [-0.2, 0) is 9.53 Å². The lowest BCUT2D eigenvalue weighted by Crippen LogP contribution is -2.01. The number of carbonyl (C=O) groups is 1. The predicted octanol–water partition coefficient (Wildman–Crippen LogP) is 2.86. The monoisotopic (exact) mass is 206 g/mol. The summed E-state index contributed by atoms with van der Waals surface area (Å²) in [5.74, 6) is 5.50. The highest BCUT2D eigenvalue weighted by Gasteiger charge is 1.92. The number of rotatable bonds is 5. The fourth-order valence-corrected chi connectivity index (χ4v) is 0.813. The summed E-state index contributed by atoms with van der Waals surface area (Å²) in [4.78, 5) is 11.0. The van der Waals surface area contributed by atoms with Gasteiger partial charge in [0, 0.05) is 18.9 Å². The van der Waals surface area contributed by atoms with Gasteiger partial charge in [0.2, 0.25) is 0 Å². The maximum absolute atomic E-state index is 11.0. The molecule has 0 spiro atoms. The van der Waals surface area contributed by atoms with E-state index in [9.17, 15) is 4.79 Å². The maximum atomic E-state index is 11.0. The molecule has 0 aliphatic carbocycles. The molecule has 0 radical (unpaired) electrons. The molecule has 0 aromatic carbocycles. The van der Waals surface area contributed by atoms with Crippen LogP contribution >= 0.6 is 0 Å². The van der Waals surface area contributed by atoms with E-state index in [4.69, 9.17) is 4.74 Å². The highest BCUT2D eigenvalue weighted by molar-refractivity contribution is 5.82. The Bertz CT molecular complexity index is 277. The number of esters is 1. The van der Waals surface area contributed by atoms with Crippen molar-refractivity contribution in [2.24, 2.45) is 0 Å². The fourth-order valence-electron chi connectivity index (χ4n) is 0.813. The van der Waals surface area contributed by atoms with Gasteiger partial charge in [-0.3, -0.25) is 0 Å². The van der Waals surface area contributed by atoms with Gasteiger partial charge in [-0.2, -0.15) is 0 Å². The minimum atomic E-state index is -0.311. The Hall–Kier alpha value is -1.49. The average molecular weight is 206 g/mol. The Morgan fingerprint density at radius 1 is 1.27 bits per heavy atom. The van der Waals surface area contributed by atoms with Crippen molar-refractivity contribution < 1.29 is 9.53 Å². The van der Waals surface area contributed by atoms with E-state index in [0.717, 1.165) is 12.8 Å². The van der Waals surface area contributed by atoms with E-state index in [1.807, 2.05) is 26.0 Å². The van der Waals surface area contributed by atoms with E-state index < -0.39 is 0 Å². The van der Waals surface area contributed by atoms with Crippen LogP contribution in [0.2, 0.25) is 0 Å². The molecule has 0 aromatic heterocycles. The van der Waals surface area contributed by atoms with Crippen LogP contribution in [0.5, 0.6) is 0 Å². The lowest BCUT2D eigenvalue weighted by Gasteiger charge is -1.95. The summed E-state index contributed by atoms with van der Waals surface area (Å²) in [5.41, 5.74) is 0. The Morgan fingerprint density at radius 2 is 2.07 bits per heavy atom. The van der Waals surface area contributed by atoms with Gasteiger partial charge in [0.15, 0.2) is 0 Å². The molecular formula is C13H18O2. The standard InChI is InChI=1S/C13H18O2/c1-3-5-7-9-11-13(14)15-12-10-8-6-4-2/h5,7,9,11H,3-4,10,12H2,1-2H3/b7-5+,11-9+. The first-order valence-corrected chi connectivity index (χ1v) is 5.27. The molecule has 0 aliphatic rings. The van der Waals surface area contributed by atoms with Gasteiger partial charge >= 0.3 is 5.97 Å². The molecule has 0 aliphatic heterocycles. The van der Waals surface area contributed by atoms with Gasteiger partial charge in [0.25, 0.3) is 0 Å². The quantitative estimate of drug-likeness (QED) is 0.227. The van der Waals surface area contributed by atoms with Crippen molar-refractivity contribution in [2.75, 3.05) is 6.61 Å². The second-order valence-corrected chi connectivity index (χ2v) is 2.82. The molecular weight excluding hydrogens is 188 g/mol. The molecule has 0 amide bonds. The summed E-state index contributed by atoms with van der Waals surface area (Å²) in [6.45, 7) is 4.39. The zero-order valence-corrected chi connectivity index (χ0v) is 9.45. The third-order valence-electron chi connectivity index (χ3n) is 1.49. The lowest BCUT2D eigenvalue weighted by molar-refractivity contribution is -0.137. The molecule has 0 aromatic rings. The van der Waals surface area contributed by atoms with Crippen molar-refractivity contribution in [2.45, 2.75) is 33.1 Å². The molecule has 0 heterocycles. The van der Waals surface area contributed by atoms with Crippen LogP contribution in [0.3, 0.4) is 0 Å². The van der Waals surface area contributed by atoms with Gasteiger partial charge in [-0.05, 0) is 6.42 Å². The number of hydrogen-bond acceptors (Lipinski definition) is 2. The van der Waals surface area contributed by atoms with Gasteiger partial charge in [0.05, 0.1) is 0 Å². The minimum absolute atomic E-state index is 0.311. The summed E-state index contributed by atoms with van der Waals surface area (Å²) in [6.07, 6.45) is 9.32. The van der Waals surface area contributed by atoms with Crippen LogP contribution in [0.15, 0.2) is 24.3 Å². The van der Waals surface area contributed by atoms with Crippen LogP contribution in [0.25, 0.3) is 0 Å². The molecule has 0 saturated heterocycles. The molecule has 0 N–H and O–H groups in total. The zero-order chi connectivity index (χ0) is 11.4. The van der Waals surface area contributed by atoms with E-state index in [-0.39, 0.29) is 5.97 Å². The van der Waals surface area contributed by atoms with Crippen molar-refractivity contribution >= 4 is 5.97 Å². The number of carbonyl (C=O) groups excluding carboxylic acids is 1. The number of hydrogen-bond donors (Lipinski definition) is 0. The normalized spacial score (nSPS) is 10.3. The van der Waals surface area contributed by atoms with Crippen LogP contribution in [0.1, 0.15) is 33.1 Å². The molecule has 2 nitrogen and oxygen atoms in total. The molecule has 0 bridgehead atoms. The van der Waals surface area contributed by atoms with Crippen molar-refractivity contribution in [1.29, 1.82) is 0 Å². The van der Waals surface area contributed by atoms with Crippen molar-refractivity contribution in [3.63, 3.8) is 0 Å². The zero-order valence-electron chi connectivity index (χ0n) is 9.45. The van der Waals surface area contributed by atoms with Crippen molar-refractivity contribution in [1.82, 2.24) is 0 Å². The van der Waals surface area contributed by atoms with Crippen molar-refractivity contribution in [3.8, 4) is 11.8 Å². The highest BCUT2D eigenvalue weighted by Crippen LogP contribution is 1.87. The Morgan fingerprint density at radius 3 is 2.73 bits per heavy atom. The van der Waals surface area contributed by atoms with Crippen molar-refractivity contribution in [3.05, 3.63) is 24.3 Å². The van der Waals surface area contributed by atoms with E-state index in [2.05, 4.69) is 11.8 Å². The van der Waals surface area contributed by atoms with E-state index in [0.29, 0.717) is 13.0 Å². The van der Waals surface area contributed by atoms with Crippen LogP contribution < -0.4 is 0 Å². The predicted molar refractivity (Wildman–Crippen MR) is 62.2 cm³/mol. The summed E-state index contributed by atoms with van der Waals surface area (Å²) in [5, 5.41) is 0. The first kappa shape index (κ1) is 13.5. The van der Waals surface area contributed by atoms with Gasteiger partial charge in [-0.15, -0.1) is 5.92 Å². The van der Waals surface area contributed by atoms with Gasteiger partial charge in [-0.25, -0.2) is 4.79 Å². The largest absolute Gasteiger partial charge is 0.462 e. The Kier molecular flexibility index (Phi) is 9.54. The summed E-state index contributed by atoms with van der Waals surface area (Å²) in [6, 6.07) is 0. The number of ether oxygens (including phenoxy) is 1. The lowest BCUT2D eigenvalue weighted by atomic mass is 10.4. The SMILES string of the molecule is CCC#CCCOC(=O)/C=C/C=C/CC. The van der Waals surface area contributed by atoms with Crippen LogP contribution in [0, 0.1) is 11.8 Å². The molecule has 0 unspecified atom stereocenters. The Labute approximate surface area is 92.0 Å². The molecule has 0 saturated carbocycles. The van der Waals surface area contributed by atoms with Crippen LogP contribution in [0.4, 0.5) is 0 Å². The topological polar surface area (TPSA) is 26.3 Å². The fraction of sp³-hybridized carbons (Fsp3) is 0.462. The molecule has 0 atom stereocenters. The minimum Gasteiger partial charge on any atom is -0.462 e. The third-order valence-corrected chi connectivity index (χ3v) is 1.49. The van der Waals surface area contributed by atoms with Crippen LogP contribution in [-0.4, -0.2) is 12.6 Å². The molecule has 15 heavy (non-hydrogen) atoms. The maximum Gasteiger partial charge on any atom is 0.330 e. The van der Waals surface area contributed by atoms with E-state index in [1.165, 1.54) is 6.08 Å². The second kappa shape index (κ2) is 10.6. The summed E-state index contributed by atoms with van der Waals surface area (Å²) in [7, 11) is 0. The number of allylic oxidation sites excluding steroid dienone is 3. The van der Waals surface area contributed by atoms with Gasteiger partial charge < -0.3 is 4.74 Å². The Balaban J connectivity index is 3.57. The first-order valence-electron chi connectivity index (χ1n) is 5.27. The first-order chi connectivity index (χ1) is 7.31. The smallest absolute Gasteiger partial charge is 0.330 e. The van der Waals surface area contributed by atoms with Gasteiger partial charge in [-0.1, -0.05) is 38.0 Å². The average Bonchev–Trinajstić information content (AvgIpc) is 2.24. The molecule has 82 valence electrons. The highest BCUT2D eigenvalue weighted by atomic mass is 16.5. The van der Waals surface area contributed by atoms with E-state index in [1.54, 1.807) is 6.08 Å². The molecule has 0 fully saturated rings. The summed E-state index contributed by atoms with van der Waals surface area (Å²) >= 11 is 0. The third kappa shape index (κ3) is 10.4. The molecule has 2 heteroatoms. The second-order valence-electron chi connectivity index (χ2n) is 2.82. The summed E-state index contributed by atoms with van der Waals surface area (Å²) < 4.78 is 4.91. The van der Waals surface area contributed by atoms with E-state index >= 15 is 0 Å². The molecule has 0 rings (SSSR count).